The van der Waals surface area contributed by atoms with Crippen LogP contribution in [0.4, 0.5) is 0 Å². The maximum atomic E-state index is 11.6. The third kappa shape index (κ3) is 6.99. The summed E-state index contributed by atoms with van der Waals surface area (Å²) in [6.07, 6.45) is 0.537. The van der Waals surface area contributed by atoms with Crippen molar-refractivity contribution in [2.75, 3.05) is 13.1 Å². The van der Waals surface area contributed by atoms with Crippen molar-refractivity contribution in [2.45, 2.75) is 64.3 Å². The summed E-state index contributed by atoms with van der Waals surface area (Å²) in [7, 11) is 0. The predicted octanol–water partition coefficient (Wildman–Crippen LogP) is 6.11. The van der Waals surface area contributed by atoms with Gasteiger partial charge in [0.15, 0.2) is 5.78 Å². The van der Waals surface area contributed by atoms with Crippen molar-refractivity contribution in [2.24, 2.45) is 10.9 Å². The van der Waals surface area contributed by atoms with Crippen LogP contribution in [0.3, 0.4) is 0 Å². The summed E-state index contributed by atoms with van der Waals surface area (Å²) in [5.41, 5.74) is 4.14. The van der Waals surface area contributed by atoms with Crippen LogP contribution in [-0.4, -0.2) is 43.0 Å². The van der Waals surface area contributed by atoms with Crippen molar-refractivity contribution in [3.8, 4) is 0 Å². The summed E-state index contributed by atoms with van der Waals surface area (Å²) in [4.78, 5) is 16.0. The minimum absolute atomic E-state index is 0.0110. The average Bonchev–Trinajstić information content (AvgIpc) is 2.99. The molecule has 1 N–H and O–H groups in total. The monoisotopic (exact) mass is 560 g/mol. The molecule has 40 heavy (non-hydrogen) atoms. The van der Waals surface area contributed by atoms with Gasteiger partial charge in [-0.2, -0.15) is 0 Å². The Bertz CT molecular complexity index is 1300. The van der Waals surface area contributed by atoms with E-state index in [1.165, 1.54) is 0 Å². The van der Waals surface area contributed by atoms with Crippen LogP contribution in [0.15, 0.2) is 83.9 Å². The lowest BCUT2D eigenvalue weighted by Crippen LogP contribution is -2.51. The highest BCUT2D eigenvalue weighted by Crippen LogP contribution is 2.41. The zero-order chi connectivity index (χ0) is 27.9. The summed E-state index contributed by atoms with van der Waals surface area (Å²) >= 11 is 6.64. The topological polar surface area (TPSA) is 69.2 Å². The predicted molar refractivity (Wildman–Crippen MR) is 158 cm³/mol. The van der Waals surface area contributed by atoms with Crippen molar-refractivity contribution in [3.05, 3.63) is 106 Å². The Morgan fingerprint density at radius 3 is 2.20 bits per heavy atom. The highest BCUT2D eigenvalue weighted by molar-refractivity contribution is 6.31. The van der Waals surface area contributed by atoms with Crippen LogP contribution < -0.4 is 5.32 Å². The van der Waals surface area contributed by atoms with E-state index in [0.29, 0.717) is 31.2 Å². The summed E-state index contributed by atoms with van der Waals surface area (Å²) in [6, 6.07) is 26.5. The number of amidine groups is 1. The van der Waals surface area contributed by atoms with E-state index in [-0.39, 0.29) is 42.7 Å². The third-order valence-electron chi connectivity index (χ3n) is 7.71. The van der Waals surface area contributed by atoms with E-state index in [0.717, 1.165) is 34.5 Å². The van der Waals surface area contributed by atoms with Crippen molar-refractivity contribution in [3.63, 3.8) is 0 Å². The maximum absolute atomic E-state index is 11.6. The van der Waals surface area contributed by atoms with Crippen molar-refractivity contribution in [1.29, 1.82) is 0 Å². The van der Waals surface area contributed by atoms with Crippen molar-refractivity contribution >= 4 is 23.2 Å². The molecule has 2 aliphatic rings. The van der Waals surface area contributed by atoms with Crippen LogP contribution in [0.2, 0.25) is 5.02 Å². The molecule has 0 bridgehead atoms. The molecule has 5 atom stereocenters. The first-order valence-electron chi connectivity index (χ1n) is 14.1. The lowest BCUT2D eigenvalue weighted by Gasteiger charge is -2.46. The van der Waals surface area contributed by atoms with E-state index in [4.69, 9.17) is 25.8 Å². The average molecular weight is 561 g/mol. The summed E-state index contributed by atoms with van der Waals surface area (Å²) in [5.74, 6) is 0.985. The second kappa shape index (κ2) is 13.6. The number of halogens is 1. The van der Waals surface area contributed by atoms with Gasteiger partial charge in [-0.15, -0.1) is 0 Å². The molecule has 0 aromatic heterocycles. The molecule has 2 heterocycles. The summed E-state index contributed by atoms with van der Waals surface area (Å²) < 4.78 is 20.1. The number of hydrogen-bond acceptors (Lipinski definition) is 6. The molecule has 7 heteroatoms. The summed E-state index contributed by atoms with van der Waals surface area (Å²) in [5, 5.41) is 3.77. The van der Waals surface area contributed by atoms with Gasteiger partial charge in [0.2, 0.25) is 0 Å². The van der Waals surface area contributed by atoms with E-state index < -0.39 is 0 Å². The van der Waals surface area contributed by atoms with Crippen LogP contribution in [0.25, 0.3) is 0 Å². The van der Waals surface area contributed by atoms with E-state index in [1.54, 1.807) is 0 Å². The largest absolute Gasteiger partial charge is 0.370 e. The quantitative estimate of drug-likeness (QED) is 0.324. The second-order valence-corrected chi connectivity index (χ2v) is 11.0. The standard InChI is InChI=1S/C33H37ClN2O4/c1-3-29-22(2)31(38-20-23-10-6-4-7-11-23)33(39-21-24-12-8-5-9-13-24)32(40-29)25-14-15-28(34)26(16-25)17-30-35-18-27(37)19-36-30/h4-16,22,29,31-33H,3,17-21H2,1-2H3,(H,35,36)/t22-,29-,31+,32+,33-/m1/s1. The fourth-order valence-corrected chi connectivity index (χ4v) is 5.66. The van der Waals surface area contributed by atoms with Gasteiger partial charge in [-0.3, -0.25) is 9.79 Å². The first-order chi connectivity index (χ1) is 19.5. The maximum Gasteiger partial charge on any atom is 0.173 e. The highest BCUT2D eigenvalue weighted by atomic mass is 35.5. The van der Waals surface area contributed by atoms with Gasteiger partial charge in [0.25, 0.3) is 0 Å². The Kier molecular flexibility index (Phi) is 9.66. The van der Waals surface area contributed by atoms with E-state index in [1.807, 2.05) is 48.5 Å². The molecule has 210 valence electrons. The van der Waals surface area contributed by atoms with Gasteiger partial charge in [0, 0.05) is 17.4 Å². The van der Waals surface area contributed by atoms with Crippen molar-refractivity contribution in [1.82, 2.24) is 5.32 Å². The number of Topliss-reactive ketones (excluding diaryl/α,β-unsaturated/α-hetero) is 1. The van der Waals surface area contributed by atoms with Crippen molar-refractivity contribution < 1.29 is 19.0 Å². The normalized spacial score (nSPS) is 24.8. The SMILES string of the molecule is CC[C@H]1O[C@@H](c2ccc(Cl)c(CC3=NCC(=O)CN3)c2)[C@H](OCc2ccccc2)[C@@H](OCc2ccccc2)[C@@H]1C. The van der Waals surface area contributed by atoms with Gasteiger partial charge in [0.1, 0.15) is 24.6 Å². The van der Waals surface area contributed by atoms with Gasteiger partial charge < -0.3 is 19.5 Å². The fraction of sp³-hybridized carbons (Fsp3) is 0.394. The molecule has 0 amide bonds. The first kappa shape index (κ1) is 28.5. The Labute approximate surface area is 241 Å². The van der Waals surface area contributed by atoms with Gasteiger partial charge in [-0.1, -0.05) is 98.2 Å². The molecule has 0 aliphatic carbocycles. The van der Waals surface area contributed by atoms with Gasteiger partial charge >= 0.3 is 0 Å². The van der Waals surface area contributed by atoms with E-state index >= 15 is 0 Å². The molecule has 0 saturated carbocycles. The smallest absolute Gasteiger partial charge is 0.173 e. The van der Waals surface area contributed by atoms with Crippen LogP contribution >= 0.6 is 11.6 Å². The first-order valence-corrected chi connectivity index (χ1v) is 14.4. The molecule has 6 nitrogen and oxygen atoms in total. The number of ether oxygens (including phenoxy) is 3. The van der Waals surface area contributed by atoms with Crippen LogP contribution in [-0.2, 0) is 38.6 Å². The number of nitrogens with one attached hydrogen (secondary N) is 1. The third-order valence-corrected chi connectivity index (χ3v) is 8.08. The minimum atomic E-state index is -0.343. The number of nitrogens with zero attached hydrogens (tertiary/aromatic N) is 1. The van der Waals surface area contributed by atoms with E-state index in [9.17, 15) is 4.79 Å². The fourth-order valence-electron chi connectivity index (χ4n) is 5.47. The number of rotatable bonds is 10. The molecule has 1 saturated heterocycles. The molecule has 5 rings (SSSR count). The number of aliphatic imine (C=N–C) groups is 1. The Balaban J connectivity index is 1.45. The minimum Gasteiger partial charge on any atom is -0.370 e. The molecule has 3 aromatic carbocycles. The lowest BCUT2D eigenvalue weighted by molar-refractivity contribution is -0.234. The zero-order valence-electron chi connectivity index (χ0n) is 23.1. The molecule has 0 radical (unpaired) electrons. The zero-order valence-corrected chi connectivity index (χ0v) is 23.8. The molecular weight excluding hydrogens is 524 g/mol. The summed E-state index contributed by atoms with van der Waals surface area (Å²) in [6.45, 7) is 5.81. The Hall–Kier alpha value is -3.03. The second-order valence-electron chi connectivity index (χ2n) is 10.6. The number of carbonyl (C=O) groups is 1. The number of carbonyl (C=O) groups excluding carboxylic acids is 1. The Morgan fingerprint density at radius 2 is 1.60 bits per heavy atom. The molecule has 0 spiro atoms. The van der Waals surface area contributed by atoms with Crippen LogP contribution in [0, 0.1) is 5.92 Å². The molecule has 1 fully saturated rings. The molecular formula is C33H37ClN2O4. The van der Waals surface area contributed by atoms with E-state index in [2.05, 4.69) is 54.5 Å². The number of ketones is 1. The molecule has 0 unspecified atom stereocenters. The van der Waals surface area contributed by atoms with Crippen LogP contribution in [0.5, 0.6) is 0 Å². The molecule has 2 aliphatic heterocycles. The number of benzene rings is 3. The van der Waals surface area contributed by atoms with Gasteiger partial charge in [-0.25, -0.2) is 0 Å². The highest BCUT2D eigenvalue weighted by Gasteiger charge is 2.45. The lowest BCUT2D eigenvalue weighted by atomic mass is 9.84. The van der Waals surface area contributed by atoms with Crippen LogP contribution in [0.1, 0.15) is 48.6 Å². The number of hydrogen-bond donors (Lipinski definition) is 1. The Morgan fingerprint density at radius 1 is 0.950 bits per heavy atom. The molecule has 3 aromatic rings. The van der Waals surface area contributed by atoms with Gasteiger partial charge in [0.05, 0.1) is 32.0 Å². The van der Waals surface area contributed by atoms with Gasteiger partial charge in [-0.05, 0) is 34.7 Å².